The van der Waals surface area contributed by atoms with Crippen LogP contribution in [0.1, 0.15) is 15.9 Å². The zero-order valence-electron chi connectivity index (χ0n) is 17.2. The molecule has 3 rings (SSSR count). The molecule has 0 aliphatic heterocycles. The number of hydrogen-bond acceptors (Lipinski definition) is 6. The van der Waals surface area contributed by atoms with Crippen LogP contribution in [-0.2, 0) is 21.4 Å². The predicted octanol–water partition coefficient (Wildman–Crippen LogP) is 1.94. The van der Waals surface area contributed by atoms with Gasteiger partial charge in [-0.15, -0.1) is 0 Å². The van der Waals surface area contributed by atoms with Crippen molar-refractivity contribution in [3.05, 3.63) is 84.2 Å². The Morgan fingerprint density at radius 1 is 0.906 bits per heavy atom. The van der Waals surface area contributed by atoms with Gasteiger partial charge in [-0.05, 0) is 54.1 Å². The van der Waals surface area contributed by atoms with Crippen LogP contribution in [0, 0.1) is 0 Å². The fourth-order valence-electron chi connectivity index (χ4n) is 2.69. The zero-order valence-corrected chi connectivity index (χ0v) is 18.1. The van der Waals surface area contributed by atoms with Crippen molar-refractivity contribution in [2.75, 3.05) is 18.4 Å². The third kappa shape index (κ3) is 6.29. The number of carbonyl (C=O) groups excluding carboxylic acids is 2. The van der Waals surface area contributed by atoms with E-state index in [1.807, 2.05) is 12.1 Å². The number of benzene rings is 2. The second-order valence-electron chi connectivity index (χ2n) is 6.67. The van der Waals surface area contributed by atoms with E-state index in [1.54, 1.807) is 19.2 Å². The SMILES string of the molecule is COc1ccc(CNC(=O)CNC(=O)c2ccc(S(=O)(=O)Nc3ccncc3)cc2)cc1. The summed E-state index contributed by atoms with van der Waals surface area (Å²) in [4.78, 5) is 28.1. The Morgan fingerprint density at radius 2 is 1.56 bits per heavy atom. The predicted molar refractivity (Wildman–Crippen MR) is 119 cm³/mol. The molecule has 0 radical (unpaired) electrons. The van der Waals surface area contributed by atoms with E-state index in [4.69, 9.17) is 4.74 Å². The summed E-state index contributed by atoms with van der Waals surface area (Å²) in [6, 6.07) is 15.7. The largest absolute Gasteiger partial charge is 0.497 e. The molecule has 1 aromatic heterocycles. The number of amides is 2. The first-order chi connectivity index (χ1) is 15.4. The molecule has 0 bridgehead atoms. The number of carbonyl (C=O) groups is 2. The lowest BCUT2D eigenvalue weighted by molar-refractivity contribution is -0.120. The van der Waals surface area contributed by atoms with Gasteiger partial charge in [-0.2, -0.15) is 0 Å². The van der Waals surface area contributed by atoms with E-state index < -0.39 is 15.9 Å². The van der Waals surface area contributed by atoms with Gasteiger partial charge < -0.3 is 15.4 Å². The highest BCUT2D eigenvalue weighted by atomic mass is 32.2. The maximum absolute atomic E-state index is 12.4. The van der Waals surface area contributed by atoms with Gasteiger partial charge in [0.15, 0.2) is 0 Å². The van der Waals surface area contributed by atoms with E-state index in [9.17, 15) is 18.0 Å². The molecule has 0 atom stereocenters. The lowest BCUT2D eigenvalue weighted by atomic mass is 10.2. The summed E-state index contributed by atoms with van der Waals surface area (Å²) < 4.78 is 32.4. The maximum atomic E-state index is 12.4. The van der Waals surface area contributed by atoms with Gasteiger partial charge in [-0.1, -0.05) is 12.1 Å². The van der Waals surface area contributed by atoms with Crippen molar-refractivity contribution in [3.63, 3.8) is 0 Å². The highest BCUT2D eigenvalue weighted by Crippen LogP contribution is 2.16. The fourth-order valence-corrected chi connectivity index (χ4v) is 3.75. The van der Waals surface area contributed by atoms with Crippen LogP contribution in [0.5, 0.6) is 5.75 Å². The summed E-state index contributed by atoms with van der Waals surface area (Å²) >= 11 is 0. The van der Waals surface area contributed by atoms with Gasteiger partial charge in [0.2, 0.25) is 5.91 Å². The smallest absolute Gasteiger partial charge is 0.261 e. The van der Waals surface area contributed by atoms with Crippen molar-refractivity contribution in [1.29, 1.82) is 0 Å². The van der Waals surface area contributed by atoms with Crippen molar-refractivity contribution in [3.8, 4) is 5.75 Å². The molecule has 2 aromatic carbocycles. The summed E-state index contributed by atoms with van der Waals surface area (Å²) in [5.74, 6) is -0.120. The zero-order chi connectivity index (χ0) is 23.0. The van der Waals surface area contributed by atoms with E-state index in [-0.39, 0.29) is 22.9 Å². The average molecular weight is 455 g/mol. The lowest BCUT2D eigenvalue weighted by Gasteiger charge is -2.09. The number of anilines is 1. The molecule has 10 heteroatoms. The number of hydrogen-bond donors (Lipinski definition) is 3. The van der Waals surface area contributed by atoms with E-state index in [1.165, 1.54) is 48.8 Å². The molecular formula is C22H22N4O5S. The minimum absolute atomic E-state index is 0.00287. The van der Waals surface area contributed by atoms with Crippen LogP contribution in [0.15, 0.2) is 78.0 Å². The quantitative estimate of drug-likeness (QED) is 0.454. The number of nitrogens with zero attached hydrogens (tertiary/aromatic N) is 1. The van der Waals surface area contributed by atoms with Crippen molar-refractivity contribution in [1.82, 2.24) is 15.6 Å². The van der Waals surface area contributed by atoms with Crippen LogP contribution < -0.4 is 20.1 Å². The minimum atomic E-state index is -3.80. The Hall–Kier alpha value is -3.92. The Morgan fingerprint density at radius 3 is 2.19 bits per heavy atom. The van der Waals surface area contributed by atoms with Crippen molar-refractivity contribution in [2.45, 2.75) is 11.4 Å². The second kappa shape index (κ2) is 10.4. The van der Waals surface area contributed by atoms with E-state index in [0.717, 1.165) is 11.3 Å². The summed E-state index contributed by atoms with van der Waals surface area (Å²) in [5, 5.41) is 5.22. The van der Waals surface area contributed by atoms with Crippen molar-refractivity contribution >= 4 is 27.5 Å². The molecule has 0 fully saturated rings. The number of rotatable bonds is 9. The summed E-state index contributed by atoms with van der Waals surface area (Å²) in [5.41, 5.74) is 1.50. The molecule has 166 valence electrons. The highest BCUT2D eigenvalue weighted by Gasteiger charge is 2.15. The molecule has 0 saturated heterocycles. The number of methoxy groups -OCH3 is 1. The number of nitrogens with one attached hydrogen (secondary N) is 3. The van der Waals surface area contributed by atoms with E-state index in [0.29, 0.717) is 12.2 Å². The molecule has 0 unspecified atom stereocenters. The van der Waals surface area contributed by atoms with Gasteiger partial charge >= 0.3 is 0 Å². The van der Waals surface area contributed by atoms with E-state index >= 15 is 0 Å². The van der Waals surface area contributed by atoms with Gasteiger partial charge in [-0.3, -0.25) is 19.3 Å². The van der Waals surface area contributed by atoms with Crippen LogP contribution in [0.4, 0.5) is 5.69 Å². The van der Waals surface area contributed by atoms with Crippen LogP contribution in [0.2, 0.25) is 0 Å². The first kappa shape index (κ1) is 22.8. The number of pyridine rings is 1. The molecule has 0 aliphatic rings. The second-order valence-corrected chi connectivity index (χ2v) is 8.36. The van der Waals surface area contributed by atoms with Gasteiger partial charge in [0.25, 0.3) is 15.9 Å². The van der Waals surface area contributed by atoms with Gasteiger partial charge in [0.05, 0.1) is 24.2 Å². The summed E-state index contributed by atoms with van der Waals surface area (Å²) in [6.07, 6.45) is 2.94. The molecule has 9 nitrogen and oxygen atoms in total. The first-order valence-corrected chi connectivity index (χ1v) is 11.1. The number of sulfonamides is 1. The molecule has 2 amide bonds. The van der Waals surface area contributed by atoms with Gasteiger partial charge in [-0.25, -0.2) is 8.42 Å². The van der Waals surface area contributed by atoms with Crippen LogP contribution in [0.25, 0.3) is 0 Å². The van der Waals surface area contributed by atoms with Gasteiger partial charge in [0.1, 0.15) is 5.75 Å². The number of aromatic nitrogens is 1. The Labute approximate surface area is 185 Å². The number of ether oxygens (including phenoxy) is 1. The molecule has 3 N–H and O–H groups in total. The molecule has 32 heavy (non-hydrogen) atoms. The van der Waals surface area contributed by atoms with Crippen molar-refractivity contribution in [2.24, 2.45) is 0 Å². The van der Waals surface area contributed by atoms with Crippen LogP contribution in [-0.4, -0.2) is 38.9 Å². The Bertz CT molecular complexity index is 1170. The topological polar surface area (TPSA) is 126 Å². The first-order valence-electron chi connectivity index (χ1n) is 9.58. The third-order valence-corrected chi connectivity index (χ3v) is 5.81. The third-order valence-electron chi connectivity index (χ3n) is 4.42. The van der Waals surface area contributed by atoms with Gasteiger partial charge in [0, 0.05) is 24.5 Å². The Kier molecular flexibility index (Phi) is 7.40. The van der Waals surface area contributed by atoms with Crippen molar-refractivity contribution < 1.29 is 22.7 Å². The molecule has 3 aromatic rings. The monoisotopic (exact) mass is 454 g/mol. The lowest BCUT2D eigenvalue weighted by Crippen LogP contribution is -2.36. The molecule has 0 spiro atoms. The fraction of sp³-hybridized carbons (Fsp3) is 0.136. The van der Waals surface area contributed by atoms with E-state index in [2.05, 4.69) is 20.3 Å². The normalized spacial score (nSPS) is 10.8. The standard InChI is InChI=1S/C22H22N4O5S/c1-31-19-6-2-16(3-7-19)14-24-21(27)15-25-22(28)17-4-8-20(9-5-17)32(29,30)26-18-10-12-23-13-11-18/h2-13H,14-15H2,1H3,(H,23,26)(H,24,27)(H,25,28). The minimum Gasteiger partial charge on any atom is -0.497 e. The molecule has 1 heterocycles. The molecular weight excluding hydrogens is 432 g/mol. The summed E-state index contributed by atoms with van der Waals surface area (Å²) in [7, 11) is -2.23. The van der Waals surface area contributed by atoms with Crippen LogP contribution in [0.3, 0.4) is 0 Å². The Balaban J connectivity index is 1.50. The maximum Gasteiger partial charge on any atom is 0.261 e. The van der Waals surface area contributed by atoms with Crippen LogP contribution >= 0.6 is 0 Å². The highest BCUT2D eigenvalue weighted by molar-refractivity contribution is 7.92. The summed E-state index contributed by atoms with van der Waals surface area (Å²) in [6.45, 7) is 0.106. The molecule has 0 aliphatic carbocycles. The average Bonchev–Trinajstić information content (AvgIpc) is 2.82. The molecule has 0 saturated carbocycles.